The number of aromatic nitrogens is 2. The van der Waals surface area contributed by atoms with Gasteiger partial charge < -0.3 is 10.5 Å². The zero-order valence-corrected chi connectivity index (χ0v) is 12.5. The van der Waals surface area contributed by atoms with E-state index in [0.717, 1.165) is 10.4 Å². The molecule has 0 aliphatic rings. The van der Waals surface area contributed by atoms with Gasteiger partial charge in [0, 0.05) is 0 Å². The second-order valence-corrected chi connectivity index (χ2v) is 4.61. The van der Waals surface area contributed by atoms with Crippen LogP contribution in [0.25, 0.3) is 0 Å². The van der Waals surface area contributed by atoms with Gasteiger partial charge in [0.25, 0.3) is 0 Å². The summed E-state index contributed by atoms with van der Waals surface area (Å²) < 4.78 is 6.39. The number of hydrogen-bond acceptors (Lipinski definition) is 5. The fourth-order valence-electron chi connectivity index (χ4n) is 1.69. The molecule has 7 nitrogen and oxygen atoms in total. The Hall–Kier alpha value is -2.48. The second kappa shape index (κ2) is 6.31. The summed E-state index contributed by atoms with van der Waals surface area (Å²) in [4.78, 5) is 12.0. The van der Waals surface area contributed by atoms with Gasteiger partial charge in [-0.25, -0.2) is 0 Å². The molecule has 21 heavy (non-hydrogen) atoms. The molecule has 0 aliphatic carbocycles. The summed E-state index contributed by atoms with van der Waals surface area (Å²) in [6.07, 6.45) is 0. The van der Waals surface area contributed by atoms with Crippen LogP contribution in [0.3, 0.4) is 0 Å². The summed E-state index contributed by atoms with van der Waals surface area (Å²) in [6.45, 7) is 4.21. The largest absolute Gasteiger partial charge is 0.494 e. The quantitative estimate of drug-likeness (QED) is 0.669. The van der Waals surface area contributed by atoms with Crippen molar-refractivity contribution in [1.82, 2.24) is 9.78 Å². The van der Waals surface area contributed by atoms with Gasteiger partial charge in [-0.15, -0.1) is 5.11 Å². The molecule has 2 rings (SSSR count). The minimum atomic E-state index is -0.422. The van der Waals surface area contributed by atoms with Crippen LogP contribution in [0.2, 0.25) is 0 Å². The number of aryl methyl sites for hydroxylation is 1. The lowest BCUT2D eigenvalue weighted by molar-refractivity contribution is 0.340. The minimum Gasteiger partial charge on any atom is -0.494 e. The van der Waals surface area contributed by atoms with Crippen molar-refractivity contribution in [3.05, 3.63) is 40.3 Å². The van der Waals surface area contributed by atoms with Crippen molar-refractivity contribution in [2.75, 3.05) is 6.61 Å². The highest BCUT2D eigenvalue weighted by molar-refractivity contribution is 7.80. The highest BCUT2D eigenvalue weighted by Crippen LogP contribution is 2.20. The Morgan fingerprint density at radius 3 is 2.57 bits per heavy atom. The summed E-state index contributed by atoms with van der Waals surface area (Å²) in [6, 6.07) is 7.08. The maximum atomic E-state index is 12.0. The van der Waals surface area contributed by atoms with Gasteiger partial charge >= 0.3 is 5.56 Å². The lowest BCUT2D eigenvalue weighted by Gasteiger charge is -2.01. The first-order chi connectivity index (χ1) is 10.0. The molecule has 3 N–H and O–H groups in total. The first kappa shape index (κ1) is 14.9. The number of nitrogens with two attached hydrogens (primary N) is 1. The highest BCUT2D eigenvalue weighted by Gasteiger charge is 2.11. The van der Waals surface area contributed by atoms with Crippen molar-refractivity contribution >= 4 is 28.7 Å². The molecule has 0 amide bonds. The third-order valence-electron chi connectivity index (χ3n) is 2.67. The molecule has 1 aromatic carbocycles. The van der Waals surface area contributed by atoms with E-state index in [1.54, 1.807) is 31.2 Å². The van der Waals surface area contributed by atoms with Gasteiger partial charge in [0.2, 0.25) is 0 Å². The van der Waals surface area contributed by atoms with E-state index in [9.17, 15) is 4.79 Å². The van der Waals surface area contributed by atoms with E-state index < -0.39 is 5.56 Å². The molecular weight excluding hydrogens is 290 g/mol. The molecule has 0 aliphatic heterocycles. The number of H-pyrrole nitrogens is 1. The molecule has 0 atom stereocenters. The van der Waals surface area contributed by atoms with Crippen LogP contribution in [0.15, 0.2) is 39.3 Å². The van der Waals surface area contributed by atoms with Crippen LogP contribution in [0, 0.1) is 6.92 Å². The summed E-state index contributed by atoms with van der Waals surface area (Å²) in [7, 11) is 0. The average molecular weight is 305 g/mol. The van der Waals surface area contributed by atoms with Gasteiger partial charge in [-0.1, -0.05) is 0 Å². The summed E-state index contributed by atoms with van der Waals surface area (Å²) in [5, 5.41) is 10.7. The fraction of sp³-hybridized carbons (Fsp3) is 0.231. The number of benzene rings is 1. The van der Waals surface area contributed by atoms with Crippen LogP contribution in [0.5, 0.6) is 5.75 Å². The number of thiocarbonyl (C=S) groups is 1. The van der Waals surface area contributed by atoms with Gasteiger partial charge in [-0.2, -0.15) is 9.80 Å². The summed E-state index contributed by atoms with van der Waals surface area (Å²) in [5.74, 6) is 0.755. The molecule has 0 saturated carbocycles. The summed E-state index contributed by atoms with van der Waals surface area (Å²) >= 11 is 4.76. The first-order valence-corrected chi connectivity index (χ1v) is 6.69. The normalized spacial score (nSPS) is 11.0. The molecule has 1 heterocycles. The SMILES string of the molecule is CCOc1ccc(N=Nc2c(C)[nH]n(C(N)=S)c2=O)cc1. The Morgan fingerprint density at radius 2 is 2.05 bits per heavy atom. The Morgan fingerprint density at radius 1 is 1.38 bits per heavy atom. The van der Waals surface area contributed by atoms with Crippen molar-refractivity contribution in [1.29, 1.82) is 0 Å². The van der Waals surface area contributed by atoms with E-state index >= 15 is 0 Å². The Kier molecular flexibility index (Phi) is 4.49. The first-order valence-electron chi connectivity index (χ1n) is 6.29. The van der Waals surface area contributed by atoms with E-state index in [2.05, 4.69) is 15.3 Å². The van der Waals surface area contributed by atoms with Gasteiger partial charge in [0.15, 0.2) is 10.8 Å². The number of hydrogen-bond donors (Lipinski definition) is 2. The van der Waals surface area contributed by atoms with Crippen molar-refractivity contribution < 1.29 is 4.74 Å². The van der Waals surface area contributed by atoms with E-state index in [0.29, 0.717) is 18.0 Å². The third kappa shape index (κ3) is 3.34. The lowest BCUT2D eigenvalue weighted by atomic mass is 10.3. The maximum absolute atomic E-state index is 12.0. The third-order valence-corrected chi connectivity index (χ3v) is 2.86. The Labute approximate surface area is 126 Å². The molecule has 2 aromatic rings. The van der Waals surface area contributed by atoms with Crippen LogP contribution in [0.1, 0.15) is 12.6 Å². The zero-order valence-electron chi connectivity index (χ0n) is 11.7. The average Bonchev–Trinajstić information content (AvgIpc) is 2.74. The number of nitrogens with one attached hydrogen (secondary N) is 1. The Bertz CT molecular complexity index is 730. The van der Waals surface area contributed by atoms with Crippen molar-refractivity contribution in [3.63, 3.8) is 0 Å². The molecule has 1 aromatic heterocycles. The van der Waals surface area contributed by atoms with Crippen LogP contribution in [-0.4, -0.2) is 21.5 Å². The molecule has 110 valence electrons. The van der Waals surface area contributed by atoms with Crippen LogP contribution >= 0.6 is 12.2 Å². The minimum absolute atomic E-state index is 0.0642. The van der Waals surface area contributed by atoms with Crippen LogP contribution in [0.4, 0.5) is 11.4 Å². The molecule has 0 saturated heterocycles. The van der Waals surface area contributed by atoms with E-state index in [-0.39, 0.29) is 10.8 Å². The highest BCUT2D eigenvalue weighted by atomic mass is 32.1. The summed E-state index contributed by atoms with van der Waals surface area (Å²) in [5.41, 5.74) is 6.34. The second-order valence-electron chi connectivity index (χ2n) is 4.19. The fourth-order valence-corrected chi connectivity index (χ4v) is 1.82. The van der Waals surface area contributed by atoms with E-state index in [1.165, 1.54) is 0 Å². The van der Waals surface area contributed by atoms with Gasteiger partial charge in [-0.3, -0.25) is 9.89 Å². The lowest BCUT2D eigenvalue weighted by Crippen LogP contribution is -2.29. The molecule has 0 spiro atoms. The van der Waals surface area contributed by atoms with Crippen molar-refractivity contribution in [2.45, 2.75) is 13.8 Å². The van der Waals surface area contributed by atoms with Crippen molar-refractivity contribution in [3.8, 4) is 5.75 Å². The van der Waals surface area contributed by atoms with Gasteiger partial charge in [0.1, 0.15) is 5.75 Å². The predicted molar refractivity (Wildman–Crippen MR) is 83.8 cm³/mol. The monoisotopic (exact) mass is 305 g/mol. The number of nitrogens with zero attached hydrogens (tertiary/aromatic N) is 3. The molecule has 0 radical (unpaired) electrons. The molecule has 0 unspecified atom stereocenters. The smallest absolute Gasteiger partial charge is 0.301 e. The number of rotatable bonds is 4. The standard InChI is InChI=1S/C13H15N5O2S/c1-3-20-10-6-4-9(5-7-10)15-16-11-8(2)17-18(12(11)19)13(14)21/h4-7,17H,3H2,1-2H3,(H2,14,21). The van der Waals surface area contributed by atoms with Gasteiger partial charge in [-0.05, 0) is 50.3 Å². The van der Waals surface area contributed by atoms with Gasteiger partial charge in [0.05, 0.1) is 18.0 Å². The topological polar surface area (TPSA) is 97.8 Å². The predicted octanol–water partition coefficient (Wildman–Crippen LogP) is 2.39. The molecular formula is C13H15N5O2S. The molecule has 8 heteroatoms. The number of ether oxygens (including phenoxy) is 1. The van der Waals surface area contributed by atoms with E-state index in [1.807, 2.05) is 6.92 Å². The molecule has 0 bridgehead atoms. The maximum Gasteiger partial charge on any atom is 0.301 e. The molecule has 0 fully saturated rings. The van der Waals surface area contributed by atoms with E-state index in [4.69, 9.17) is 22.7 Å². The Balaban J connectivity index is 2.25. The van der Waals surface area contributed by atoms with Crippen molar-refractivity contribution in [2.24, 2.45) is 16.0 Å². The van der Waals surface area contributed by atoms with Crippen LogP contribution < -0.4 is 16.0 Å². The zero-order chi connectivity index (χ0) is 15.4. The number of azo groups is 1. The van der Waals surface area contributed by atoms with Crippen LogP contribution in [-0.2, 0) is 0 Å². The number of aromatic amines is 1.